The third-order valence-corrected chi connectivity index (χ3v) is 2.43. The Morgan fingerprint density at radius 2 is 1.00 bits per heavy atom. The zero-order valence-corrected chi connectivity index (χ0v) is 12.9. The van der Waals surface area contributed by atoms with Gasteiger partial charge in [-0.25, -0.2) is 9.59 Å². The number of hydrogen-bond donors (Lipinski definition) is 0. The normalized spacial score (nSPS) is 9.73. The molecule has 0 aliphatic rings. The maximum Gasteiger partial charge on any atom is 0.516 e. The Labute approximate surface area is 129 Å². The first kappa shape index (κ1) is 19.9. The van der Waals surface area contributed by atoms with E-state index in [4.69, 9.17) is 0 Å². The lowest BCUT2D eigenvalue weighted by Gasteiger charge is -2.04. The monoisotopic (exact) mass is 318 g/mol. The van der Waals surface area contributed by atoms with E-state index in [1.807, 2.05) is 0 Å². The molecule has 0 aromatic rings. The lowest BCUT2D eigenvalue weighted by Crippen LogP contribution is -2.13. The van der Waals surface area contributed by atoms with Crippen molar-refractivity contribution in [3.05, 3.63) is 0 Å². The van der Waals surface area contributed by atoms with Gasteiger partial charge in [0.2, 0.25) is 0 Å². The SMILES string of the molecule is CCOC(=O)OC(=O)CCCCCCC(=O)OC(=O)OCC. The topological polar surface area (TPSA) is 105 Å². The fraction of sp³-hybridized carbons (Fsp3) is 0.714. The Balaban J connectivity index is 3.53. The second kappa shape index (κ2) is 12.6. The molecule has 0 heterocycles. The highest BCUT2D eigenvalue weighted by molar-refractivity contribution is 5.82. The summed E-state index contributed by atoms with van der Waals surface area (Å²) in [5.74, 6) is -1.28. The van der Waals surface area contributed by atoms with Gasteiger partial charge in [0.25, 0.3) is 0 Å². The van der Waals surface area contributed by atoms with Crippen LogP contribution in [-0.2, 0) is 28.5 Å². The van der Waals surface area contributed by atoms with Gasteiger partial charge in [0.05, 0.1) is 13.2 Å². The number of esters is 2. The Morgan fingerprint density at radius 3 is 1.32 bits per heavy atom. The van der Waals surface area contributed by atoms with Crippen molar-refractivity contribution in [1.82, 2.24) is 0 Å². The van der Waals surface area contributed by atoms with Crippen molar-refractivity contribution >= 4 is 24.2 Å². The Morgan fingerprint density at radius 1 is 0.636 bits per heavy atom. The summed E-state index contributed by atoms with van der Waals surface area (Å²) in [7, 11) is 0. The number of carbonyl (C=O) groups is 4. The molecule has 0 aliphatic carbocycles. The molecular formula is C14H22O8. The highest BCUT2D eigenvalue weighted by Crippen LogP contribution is 2.07. The summed E-state index contributed by atoms with van der Waals surface area (Å²) >= 11 is 0. The summed E-state index contributed by atoms with van der Waals surface area (Å²) in [5.41, 5.74) is 0. The molecule has 0 saturated heterocycles. The zero-order chi connectivity index (χ0) is 16.8. The van der Waals surface area contributed by atoms with Gasteiger partial charge in [-0.1, -0.05) is 12.8 Å². The third kappa shape index (κ3) is 11.7. The van der Waals surface area contributed by atoms with Gasteiger partial charge in [-0.05, 0) is 26.7 Å². The smallest absolute Gasteiger partial charge is 0.434 e. The number of unbranched alkanes of at least 4 members (excludes halogenated alkanes) is 3. The molecule has 0 saturated carbocycles. The standard InChI is InChI=1S/C14H22O8/c1-3-19-13(17)21-11(15)9-7-5-6-8-10-12(16)22-14(18)20-4-2/h3-10H2,1-2H3. The van der Waals surface area contributed by atoms with Crippen molar-refractivity contribution in [2.45, 2.75) is 52.4 Å². The first-order valence-electron chi connectivity index (χ1n) is 7.24. The second-order valence-electron chi connectivity index (χ2n) is 4.23. The van der Waals surface area contributed by atoms with E-state index < -0.39 is 24.2 Å². The largest absolute Gasteiger partial charge is 0.516 e. The lowest BCUT2D eigenvalue weighted by molar-refractivity contribution is -0.141. The molecule has 8 heteroatoms. The van der Waals surface area contributed by atoms with E-state index in [1.165, 1.54) is 0 Å². The molecule has 0 aromatic heterocycles. The van der Waals surface area contributed by atoms with Crippen LogP contribution in [0.15, 0.2) is 0 Å². The predicted molar refractivity (Wildman–Crippen MR) is 73.9 cm³/mol. The molecular weight excluding hydrogens is 296 g/mol. The van der Waals surface area contributed by atoms with E-state index in [-0.39, 0.29) is 26.1 Å². The van der Waals surface area contributed by atoms with Crippen molar-refractivity contribution in [3.8, 4) is 0 Å². The molecule has 0 aliphatic heterocycles. The number of carbonyl (C=O) groups excluding carboxylic acids is 4. The quantitative estimate of drug-likeness (QED) is 0.363. The van der Waals surface area contributed by atoms with Crippen LogP contribution in [0.2, 0.25) is 0 Å². The Hall–Kier alpha value is -2.12. The summed E-state index contributed by atoms with van der Waals surface area (Å²) in [4.78, 5) is 44.1. The van der Waals surface area contributed by atoms with Crippen molar-refractivity contribution in [1.29, 1.82) is 0 Å². The summed E-state index contributed by atoms with van der Waals surface area (Å²) in [6.07, 6.45) is 0.660. The zero-order valence-electron chi connectivity index (χ0n) is 12.9. The summed E-state index contributed by atoms with van der Waals surface area (Å²) < 4.78 is 17.7. The van der Waals surface area contributed by atoms with Gasteiger partial charge in [-0.3, -0.25) is 9.59 Å². The van der Waals surface area contributed by atoms with E-state index >= 15 is 0 Å². The number of rotatable bonds is 9. The molecule has 0 amide bonds. The Bertz CT molecular complexity index is 341. The average Bonchev–Trinajstić information content (AvgIpc) is 2.42. The molecule has 0 unspecified atom stereocenters. The van der Waals surface area contributed by atoms with Gasteiger partial charge in [0, 0.05) is 12.8 Å². The van der Waals surface area contributed by atoms with Crippen molar-refractivity contribution in [2.75, 3.05) is 13.2 Å². The Kier molecular flexibility index (Phi) is 11.4. The molecule has 0 radical (unpaired) electrons. The van der Waals surface area contributed by atoms with Crippen LogP contribution in [0.4, 0.5) is 9.59 Å². The molecule has 0 rings (SSSR count). The van der Waals surface area contributed by atoms with Crippen LogP contribution in [0.3, 0.4) is 0 Å². The van der Waals surface area contributed by atoms with Crippen LogP contribution in [0, 0.1) is 0 Å². The van der Waals surface area contributed by atoms with Crippen LogP contribution in [0.1, 0.15) is 52.4 Å². The van der Waals surface area contributed by atoms with Crippen LogP contribution in [0.25, 0.3) is 0 Å². The van der Waals surface area contributed by atoms with Crippen molar-refractivity contribution < 1.29 is 38.1 Å². The molecule has 0 fully saturated rings. The van der Waals surface area contributed by atoms with Gasteiger partial charge in [-0.15, -0.1) is 0 Å². The van der Waals surface area contributed by atoms with Crippen LogP contribution in [0.5, 0.6) is 0 Å². The first-order valence-corrected chi connectivity index (χ1v) is 7.24. The average molecular weight is 318 g/mol. The van der Waals surface area contributed by atoms with Crippen molar-refractivity contribution in [3.63, 3.8) is 0 Å². The molecule has 126 valence electrons. The number of hydrogen-bond acceptors (Lipinski definition) is 8. The number of ether oxygens (including phenoxy) is 4. The molecule has 8 nitrogen and oxygen atoms in total. The fourth-order valence-electron chi connectivity index (χ4n) is 1.47. The summed E-state index contributed by atoms with van der Waals surface area (Å²) in [6.45, 7) is 3.51. The van der Waals surface area contributed by atoms with Gasteiger partial charge in [0.15, 0.2) is 0 Å². The third-order valence-electron chi connectivity index (χ3n) is 2.43. The van der Waals surface area contributed by atoms with E-state index in [0.29, 0.717) is 25.7 Å². The first-order chi connectivity index (χ1) is 10.5. The second-order valence-corrected chi connectivity index (χ2v) is 4.23. The summed E-state index contributed by atoms with van der Waals surface area (Å²) in [6, 6.07) is 0. The van der Waals surface area contributed by atoms with Gasteiger partial charge in [-0.2, -0.15) is 0 Å². The van der Waals surface area contributed by atoms with Gasteiger partial charge >= 0.3 is 24.2 Å². The minimum Gasteiger partial charge on any atom is -0.434 e. The molecule has 0 spiro atoms. The molecule has 22 heavy (non-hydrogen) atoms. The molecule has 0 bridgehead atoms. The van der Waals surface area contributed by atoms with Crippen LogP contribution >= 0.6 is 0 Å². The molecule has 0 atom stereocenters. The molecule has 0 N–H and O–H groups in total. The molecule has 0 aromatic carbocycles. The highest BCUT2D eigenvalue weighted by atomic mass is 16.7. The van der Waals surface area contributed by atoms with E-state index in [1.54, 1.807) is 13.8 Å². The lowest BCUT2D eigenvalue weighted by atomic mass is 10.1. The van der Waals surface area contributed by atoms with Gasteiger partial charge in [0.1, 0.15) is 0 Å². The maximum atomic E-state index is 11.2. The van der Waals surface area contributed by atoms with Crippen LogP contribution in [-0.4, -0.2) is 37.5 Å². The highest BCUT2D eigenvalue weighted by Gasteiger charge is 2.12. The maximum absolute atomic E-state index is 11.2. The minimum atomic E-state index is -0.991. The van der Waals surface area contributed by atoms with E-state index in [9.17, 15) is 19.2 Å². The predicted octanol–water partition coefficient (Wildman–Crippen LogP) is 2.73. The van der Waals surface area contributed by atoms with Crippen molar-refractivity contribution in [2.24, 2.45) is 0 Å². The summed E-state index contributed by atoms with van der Waals surface area (Å²) in [5, 5.41) is 0. The minimum absolute atomic E-state index is 0.103. The van der Waals surface area contributed by atoms with E-state index in [2.05, 4.69) is 18.9 Å². The van der Waals surface area contributed by atoms with Crippen LogP contribution < -0.4 is 0 Å². The van der Waals surface area contributed by atoms with E-state index in [0.717, 1.165) is 0 Å². The fourth-order valence-corrected chi connectivity index (χ4v) is 1.47. The van der Waals surface area contributed by atoms with Gasteiger partial charge < -0.3 is 18.9 Å².